The fraction of sp³-hybridized carbons (Fsp3) is 0.136. The van der Waals surface area contributed by atoms with E-state index in [9.17, 15) is 31.1 Å². The van der Waals surface area contributed by atoms with Gasteiger partial charge in [-0.25, -0.2) is 18.2 Å². The van der Waals surface area contributed by atoms with Crippen LogP contribution in [0.25, 0.3) is 10.9 Å². The lowest BCUT2D eigenvalue weighted by molar-refractivity contribution is -0.138. The Balaban J connectivity index is 1.79. The number of rotatable bonds is 4. The van der Waals surface area contributed by atoms with Crippen molar-refractivity contribution in [2.45, 2.75) is 19.1 Å². The van der Waals surface area contributed by atoms with Gasteiger partial charge in [-0.3, -0.25) is 4.79 Å². The van der Waals surface area contributed by atoms with Crippen LogP contribution >= 0.6 is 0 Å². The normalized spacial score (nSPS) is 12.7. The minimum atomic E-state index is -4.71. The maximum Gasteiger partial charge on any atom is 0.421 e. The fourth-order valence-electron chi connectivity index (χ4n) is 3.42. The Bertz CT molecular complexity index is 1390. The first-order valence-electron chi connectivity index (χ1n) is 9.41. The number of ether oxygens (including phenoxy) is 1. The molecular formula is C22H13F6N3O2. The number of fused-ring (bicyclic) bond motifs is 1. The van der Waals surface area contributed by atoms with Crippen molar-refractivity contribution >= 4 is 10.9 Å². The monoisotopic (exact) mass is 465 g/mol. The molecule has 0 amide bonds. The molecule has 2 aromatic heterocycles. The molecule has 33 heavy (non-hydrogen) atoms. The lowest BCUT2D eigenvalue weighted by Gasteiger charge is -2.20. The summed E-state index contributed by atoms with van der Waals surface area (Å²) in [6.45, 7) is 1.42. The van der Waals surface area contributed by atoms with Crippen LogP contribution in [0, 0.1) is 17.5 Å². The van der Waals surface area contributed by atoms with E-state index in [0.717, 1.165) is 30.7 Å². The van der Waals surface area contributed by atoms with Crippen molar-refractivity contribution in [3.63, 3.8) is 0 Å². The summed E-state index contributed by atoms with van der Waals surface area (Å²) in [5.74, 6) is -4.17. The van der Waals surface area contributed by atoms with Crippen LogP contribution < -0.4 is 10.3 Å². The van der Waals surface area contributed by atoms with Gasteiger partial charge in [-0.1, -0.05) is 0 Å². The van der Waals surface area contributed by atoms with E-state index in [1.54, 1.807) is 0 Å². The van der Waals surface area contributed by atoms with Crippen molar-refractivity contribution in [3.8, 4) is 11.6 Å². The van der Waals surface area contributed by atoms with E-state index >= 15 is 0 Å². The highest BCUT2D eigenvalue weighted by Gasteiger charge is 2.35. The first-order chi connectivity index (χ1) is 15.6. The number of halogens is 6. The Morgan fingerprint density at radius 1 is 1.00 bits per heavy atom. The van der Waals surface area contributed by atoms with Gasteiger partial charge in [0.25, 0.3) is 5.56 Å². The largest absolute Gasteiger partial charge is 0.438 e. The first kappa shape index (κ1) is 22.3. The quantitative estimate of drug-likeness (QED) is 0.367. The van der Waals surface area contributed by atoms with Crippen LogP contribution in [0.4, 0.5) is 26.3 Å². The summed E-state index contributed by atoms with van der Waals surface area (Å²) in [4.78, 5) is 19.6. The molecule has 0 bridgehead atoms. The summed E-state index contributed by atoms with van der Waals surface area (Å²) in [7, 11) is 0. The summed E-state index contributed by atoms with van der Waals surface area (Å²) >= 11 is 0. The lowest BCUT2D eigenvalue weighted by atomic mass is 10.1. The molecule has 0 saturated heterocycles. The SMILES string of the molecule is C[C@@H](c1c(F)cc(F)cc1F)n1cnc(=O)c2cc(Oc3ncccc3C(F)(F)F)ccc21. The van der Waals surface area contributed by atoms with Gasteiger partial charge in [0, 0.05) is 23.9 Å². The van der Waals surface area contributed by atoms with E-state index in [1.165, 1.54) is 23.6 Å². The molecule has 0 radical (unpaired) electrons. The molecule has 0 unspecified atom stereocenters. The highest BCUT2D eigenvalue weighted by molar-refractivity contribution is 5.80. The van der Waals surface area contributed by atoms with Crippen molar-refractivity contribution in [2.75, 3.05) is 0 Å². The third-order valence-corrected chi connectivity index (χ3v) is 4.95. The topological polar surface area (TPSA) is 57.0 Å². The number of hydrogen-bond donors (Lipinski definition) is 0. The van der Waals surface area contributed by atoms with Crippen LogP contribution in [0.2, 0.25) is 0 Å². The Morgan fingerprint density at radius 3 is 2.36 bits per heavy atom. The van der Waals surface area contributed by atoms with E-state index in [4.69, 9.17) is 4.74 Å². The van der Waals surface area contributed by atoms with Gasteiger partial charge in [0.05, 0.1) is 23.3 Å². The molecule has 0 fully saturated rings. The van der Waals surface area contributed by atoms with E-state index in [1.807, 2.05) is 0 Å². The highest BCUT2D eigenvalue weighted by atomic mass is 19.4. The van der Waals surface area contributed by atoms with Gasteiger partial charge >= 0.3 is 6.18 Å². The molecule has 5 nitrogen and oxygen atoms in total. The second kappa shape index (κ2) is 8.23. The molecule has 0 saturated carbocycles. The van der Waals surface area contributed by atoms with Crippen LogP contribution in [0.5, 0.6) is 11.6 Å². The Labute approximate surface area is 181 Å². The highest BCUT2D eigenvalue weighted by Crippen LogP contribution is 2.37. The molecule has 0 spiro atoms. The van der Waals surface area contributed by atoms with Gasteiger partial charge in [-0.15, -0.1) is 0 Å². The van der Waals surface area contributed by atoms with Gasteiger partial charge in [0.15, 0.2) is 0 Å². The maximum absolute atomic E-state index is 14.3. The molecular weight excluding hydrogens is 452 g/mol. The number of nitrogens with zero attached hydrogens (tertiary/aromatic N) is 3. The average Bonchev–Trinajstić information content (AvgIpc) is 2.73. The summed E-state index contributed by atoms with van der Waals surface area (Å²) in [5, 5.41) is -0.0748. The van der Waals surface area contributed by atoms with Crippen LogP contribution in [0.1, 0.15) is 24.1 Å². The fourth-order valence-corrected chi connectivity index (χ4v) is 3.42. The Kier molecular flexibility index (Phi) is 5.56. The van der Waals surface area contributed by atoms with Gasteiger partial charge in [0.2, 0.25) is 5.88 Å². The molecule has 4 rings (SSSR count). The zero-order chi connectivity index (χ0) is 23.9. The van der Waals surface area contributed by atoms with Crippen LogP contribution in [-0.2, 0) is 6.18 Å². The van der Waals surface area contributed by atoms with Crippen molar-refractivity contribution in [2.24, 2.45) is 0 Å². The lowest BCUT2D eigenvalue weighted by Crippen LogP contribution is -2.18. The van der Waals surface area contributed by atoms with Gasteiger partial charge < -0.3 is 9.30 Å². The maximum atomic E-state index is 14.3. The Morgan fingerprint density at radius 2 is 1.70 bits per heavy atom. The second-order valence-electron chi connectivity index (χ2n) is 7.05. The van der Waals surface area contributed by atoms with Crippen molar-refractivity contribution < 1.29 is 31.1 Å². The zero-order valence-corrected chi connectivity index (χ0v) is 16.7. The second-order valence-corrected chi connectivity index (χ2v) is 7.05. The molecule has 0 aliphatic heterocycles. The minimum absolute atomic E-state index is 0.0748. The van der Waals surface area contributed by atoms with Crippen molar-refractivity contribution in [1.82, 2.24) is 14.5 Å². The van der Waals surface area contributed by atoms with Crippen LogP contribution in [0.15, 0.2) is 59.8 Å². The van der Waals surface area contributed by atoms with Gasteiger partial charge in [0.1, 0.15) is 28.8 Å². The van der Waals surface area contributed by atoms with Crippen LogP contribution in [0.3, 0.4) is 0 Å². The number of aromatic nitrogens is 3. The third-order valence-electron chi connectivity index (χ3n) is 4.95. The van der Waals surface area contributed by atoms with E-state index < -0.39 is 52.2 Å². The standard InChI is InChI=1S/C22H13F6N3O2/c1-11(19-16(24)7-12(23)8-17(19)25)31-10-30-20(32)14-9-13(4-5-18(14)31)33-21-15(22(26,27)28)3-2-6-29-21/h2-11H,1H3/t11-/m0/s1. The number of benzene rings is 2. The Hall–Kier alpha value is -3.89. The molecule has 2 heterocycles. The minimum Gasteiger partial charge on any atom is -0.438 e. The summed E-state index contributed by atoms with van der Waals surface area (Å²) < 4.78 is 87.9. The predicted octanol–water partition coefficient (Wildman–Crippen LogP) is 5.63. The predicted molar refractivity (Wildman–Crippen MR) is 105 cm³/mol. The molecule has 1 atom stereocenters. The van der Waals surface area contributed by atoms with Crippen LogP contribution in [-0.4, -0.2) is 14.5 Å². The van der Waals surface area contributed by atoms with E-state index in [-0.39, 0.29) is 16.7 Å². The number of alkyl halides is 3. The smallest absolute Gasteiger partial charge is 0.421 e. The van der Waals surface area contributed by atoms with Crippen molar-refractivity contribution in [3.05, 3.63) is 93.9 Å². The van der Waals surface area contributed by atoms with E-state index in [2.05, 4.69) is 9.97 Å². The molecule has 4 aromatic rings. The summed E-state index contributed by atoms with van der Waals surface area (Å²) in [5.41, 5.74) is -2.12. The molecule has 11 heteroatoms. The summed E-state index contributed by atoms with van der Waals surface area (Å²) in [6, 6.07) is 5.69. The molecule has 170 valence electrons. The zero-order valence-electron chi connectivity index (χ0n) is 16.7. The van der Waals surface area contributed by atoms with Crippen molar-refractivity contribution in [1.29, 1.82) is 0 Å². The van der Waals surface area contributed by atoms with Gasteiger partial charge in [-0.05, 0) is 37.3 Å². The summed E-state index contributed by atoms with van der Waals surface area (Å²) in [6.07, 6.45) is -2.53. The van der Waals surface area contributed by atoms with Gasteiger partial charge in [-0.2, -0.15) is 18.2 Å². The molecule has 2 aromatic carbocycles. The number of hydrogen-bond acceptors (Lipinski definition) is 4. The molecule has 0 aliphatic carbocycles. The number of pyridine rings is 1. The third kappa shape index (κ3) is 4.26. The average molecular weight is 465 g/mol. The van der Waals surface area contributed by atoms with E-state index in [0.29, 0.717) is 12.1 Å². The molecule has 0 N–H and O–H groups in total. The molecule has 0 aliphatic rings. The first-order valence-corrected chi connectivity index (χ1v) is 9.41.